The van der Waals surface area contributed by atoms with Gasteiger partial charge in [0.2, 0.25) is 5.91 Å². The van der Waals surface area contributed by atoms with Crippen molar-refractivity contribution in [1.82, 2.24) is 4.68 Å². The van der Waals surface area contributed by atoms with Gasteiger partial charge in [-0.2, -0.15) is 0 Å². The number of amides is 1. The largest absolute Gasteiger partial charge is 0.466 e. The zero-order chi connectivity index (χ0) is 11.5. The van der Waals surface area contributed by atoms with E-state index in [1.54, 1.807) is 17.1 Å². The predicted molar refractivity (Wildman–Crippen MR) is 57.0 cm³/mol. The fraction of sp³-hybridized carbons (Fsp3) is 0.273. The van der Waals surface area contributed by atoms with E-state index >= 15 is 0 Å². The Morgan fingerprint density at radius 1 is 1.38 bits per heavy atom. The highest BCUT2D eigenvalue weighted by atomic mass is 16.5. The van der Waals surface area contributed by atoms with Gasteiger partial charge in [0, 0.05) is 24.9 Å². The van der Waals surface area contributed by atoms with Crippen molar-refractivity contribution in [3.8, 4) is 0 Å². The van der Waals surface area contributed by atoms with Gasteiger partial charge in [0.05, 0.1) is 12.8 Å². The molecule has 1 amide bonds. The summed E-state index contributed by atoms with van der Waals surface area (Å²) in [5.74, 6) is -0.465. The van der Waals surface area contributed by atoms with Crippen molar-refractivity contribution in [2.75, 3.05) is 12.1 Å². The molecule has 84 valence electrons. The average molecular weight is 220 g/mol. The number of carbonyl (C=O) groups is 2. The summed E-state index contributed by atoms with van der Waals surface area (Å²) >= 11 is 0. The van der Waals surface area contributed by atoms with Gasteiger partial charge in [-0.15, -0.1) is 0 Å². The number of esters is 1. The van der Waals surface area contributed by atoms with Crippen LogP contribution in [0.4, 0.5) is 0 Å². The Labute approximate surface area is 92.9 Å². The Morgan fingerprint density at radius 3 is 2.69 bits per heavy atom. The van der Waals surface area contributed by atoms with Crippen molar-refractivity contribution < 1.29 is 14.3 Å². The molecule has 5 nitrogen and oxygen atoms in total. The summed E-state index contributed by atoms with van der Waals surface area (Å²) in [7, 11) is 1.32. The minimum Gasteiger partial charge on any atom is -0.466 e. The molecule has 0 saturated carbocycles. The van der Waals surface area contributed by atoms with Crippen LogP contribution in [-0.4, -0.2) is 23.7 Å². The molecule has 1 aliphatic heterocycles. The third-order valence-electron chi connectivity index (χ3n) is 2.41. The maximum absolute atomic E-state index is 11.7. The molecule has 1 aromatic heterocycles. The predicted octanol–water partition coefficient (Wildman–Crippen LogP) is 0.803. The lowest BCUT2D eigenvalue weighted by Crippen LogP contribution is -2.33. The van der Waals surface area contributed by atoms with E-state index in [4.69, 9.17) is 0 Å². The molecule has 0 bridgehead atoms. The van der Waals surface area contributed by atoms with Crippen LogP contribution in [0.2, 0.25) is 0 Å². The fourth-order valence-electron chi connectivity index (χ4n) is 1.67. The van der Waals surface area contributed by atoms with Crippen molar-refractivity contribution in [3.05, 3.63) is 36.3 Å². The average Bonchev–Trinajstić information content (AvgIpc) is 2.88. The van der Waals surface area contributed by atoms with Crippen molar-refractivity contribution in [2.24, 2.45) is 0 Å². The highest BCUT2D eigenvalue weighted by molar-refractivity contribution is 5.95. The Bertz CT molecular complexity index is 434. The second-order valence-electron chi connectivity index (χ2n) is 3.43. The summed E-state index contributed by atoms with van der Waals surface area (Å²) in [4.78, 5) is 22.8. The molecule has 1 saturated heterocycles. The minimum atomic E-state index is -0.443. The summed E-state index contributed by atoms with van der Waals surface area (Å²) in [6.07, 6.45) is 5.85. The molecule has 2 heterocycles. The molecular formula is C11H12N2O3. The smallest absolute Gasteiger partial charge is 0.332 e. The van der Waals surface area contributed by atoms with Gasteiger partial charge in [0.25, 0.3) is 0 Å². The quantitative estimate of drug-likeness (QED) is 0.547. The topological polar surface area (TPSA) is 51.5 Å². The van der Waals surface area contributed by atoms with Crippen LogP contribution in [0.25, 0.3) is 0 Å². The Morgan fingerprint density at radius 2 is 2.06 bits per heavy atom. The van der Waals surface area contributed by atoms with Crippen LogP contribution in [0.15, 0.2) is 36.3 Å². The molecular weight excluding hydrogens is 208 g/mol. The maximum Gasteiger partial charge on any atom is 0.332 e. The van der Waals surface area contributed by atoms with Gasteiger partial charge in [-0.05, 0) is 18.6 Å². The Hall–Kier alpha value is -2.04. The zero-order valence-electron chi connectivity index (χ0n) is 8.92. The number of hydrogen-bond acceptors (Lipinski definition) is 3. The van der Waals surface area contributed by atoms with Crippen LogP contribution in [-0.2, 0) is 14.3 Å². The molecule has 0 spiro atoms. The zero-order valence-corrected chi connectivity index (χ0v) is 8.92. The van der Waals surface area contributed by atoms with Crippen molar-refractivity contribution >= 4 is 11.9 Å². The third-order valence-corrected chi connectivity index (χ3v) is 2.41. The second kappa shape index (κ2) is 4.22. The molecule has 1 aliphatic rings. The summed E-state index contributed by atoms with van der Waals surface area (Å²) in [6.45, 7) is 0. The van der Waals surface area contributed by atoms with E-state index in [1.165, 1.54) is 18.2 Å². The van der Waals surface area contributed by atoms with Crippen LogP contribution in [0.5, 0.6) is 0 Å². The van der Waals surface area contributed by atoms with Crippen molar-refractivity contribution in [2.45, 2.75) is 12.8 Å². The SMILES string of the molecule is COC(=O)/C=C1\CCC(=O)N1n1cccc1. The monoisotopic (exact) mass is 220 g/mol. The highest BCUT2D eigenvalue weighted by Crippen LogP contribution is 2.21. The van der Waals surface area contributed by atoms with Crippen LogP contribution in [0.3, 0.4) is 0 Å². The first kappa shape index (κ1) is 10.5. The van der Waals surface area contributed by atoms with Crippen molar-refractivity contribution in [3.63, 3.8) is 0 Å². The lowest BCUT2D eigenvalue weighted by molar-refractivity contribution is -0.134. The fourth-order valence-corrected chi connectivity index (χ4v) is 1.67. The highest BCUT2D eigenvalue weighted by Gasteiger charge is 2.27. The van der Waals surface area contributed by atoms with Crippen LogP contribution >= 0.6 is 0 Å². The first-order chi connectivity index (χ1) is 7.72. The second-order valence-corrected chi connectivity index (χ2v) is 3.43. The first-order valence-corrected chi connectivity index (χ1v) is 4.97. The molecule has 1 fully saturated rings. The van der Waals surface area contributed by atoms with E-state index in [2.05, 4.69) is 4.74 Å². The van der Waals surface area contributed by atoms with Crippen LogP contribution < -0.4 is 5.01 Å². The van der Waals surface area contributed by atoms with E-state index in [1.807, 2.05) is 12.1 Å². The Balaban J connectivity index is 2.30. The van der Waals surface area contributed by atoms with E-state index in [0.717, 1.165) is 0 Å². The first-order valence-electron chi connectivity index (χ1n) is 4.97. The number of methoxy groups -OCH3 is 1. The Kier molecular flexibility index (Phi) is 2.76. The molecule has 2 rings (SSSR count). The number of nitrogens with zero attached hydrogens (tertiary/aromatic N) is 2. The van der Waals surface area contributed by atoms with Gasteiger partial charge in [-0.3, -0.25) is 9.47 Å². The van der Waals surface area contributed by atoms with E-state index in [-0.39, 0.29) is 5.91 Å². The van der Waals surface area contributed by atoms with Gasteiger partial charge in [0.1, 0.15) is 0 Å². The molecule has 16 heavy (non-hydrogen) atoms. The number of ether oxygens (including phenoxy) is 1. The van der Waals surface area contributed by atoms with Crippen LogP contribution in [0.1, 0.15) is 12.8 Å². The van der Waals surface area contributed by atoms with Gasteiger partial charge in [0.15, 0.2) is 0 Å². The van der Waals surface area contributed by atoms with E-state index < -0.39 is 5.97 Å². The summed E-state index contributed by atoms with van der Waals surface area (Å²) in [5.41, 5.74) is 0.660. The van der Waals surface area contributed by atoms with Gasteiger partial charge < -0.3 is 4.74 Å². The molecule has 0 unspecified atom stereocenters. The molecule has 0 radical (unpaired) electrons. The summed E-state index contributed by atoms with van der Waals surface area (Å²) < 4.78 is 6.21. The minimum absolute atomic E-state index is 0.0219. The number of rotatable bonds is 2. The molecule has 5 heteroatoms. The lowest BCUT2D eigenvalue weighted by Gasteiger charge is -2.18. The molecule has 0 aromatic carbocycles. The standard InChI is InChI=1S/C11H12N2O3/c1-16-11(15)8-9-4-5-10(14)13(9)12-6-2-3-7-12/h2-3,6-8H,4-5H2,1H3/b9-8+. The van der Waals surface area contributed by atoms with Crippen LogP contribution in [0, 0.1) is 0 Å². The molecule has 0 N–H and O–H groups in total. The van der Waals surface area contributed by atoms with E-state index in [9.17, 15) is 9.59 Å². The number of carbonyl (C=O) groups excluding carboxylic acids is 2. The normalized spacial score (nSPS) is 18.2. The lowest BCUT2D eigenvalue weighted by atomic mass is 10.3. The van der Waals surface area contributed by atoms with Crippen molar-refractivity contribution in [1.29, 1.82) is 0 Å². The van der Waals surface area contributed by atoms with Gasteiger partial charge >= 0.3 is 5.97 Å². The third kappa shape index (κ3) is 1.84. The summed E-state index contributed by atoms with van der Waals surface area (Å²) in [5, 5.41) is 1.48. The number of allylic oxidation sites excluding steroid dienone is 1. The number of hydrogen-bond donors (Lipinski definition) is 0. The molecule has 0 atom stereocenters. The van der Waals surface area contributed by atoms with Gasteiger partial charge in [-0.1, -0.05) is 0 Å². The van der Waals surface area contributed by atoms with E-state index in [0.29, 0.717) is 18.5 Å². The van der Waals surface area contributed by atoms with Gasteiger partial charge in [-0.25, -0.2) is 9.80 Å². The summed E-state index contributed by atoms with van der Waals surface area (Å²) in [6, 6.07) is 3.64. The maximum atomic E-state index is 11.7. The molecule has 1 aromatic rings. The molecule has 0 aliphatic carbocycles. The number of aromatic nitrogens is 1.